The molecule has 2 unspecified atom stereocenters. The SMILES string of the molecule is CC(CCCNC(=O)CCN1C(=O)C=CC1O)COCCC(C)(C)C. The molecule has 1 aliphatic rings. The molecule has 0 spiro atoms. The summed E-state index contributed by atoms with van der Waals surface area (Å²) in [6.45, 7) is 11.2. The highest BCUT2D eigenvalue weighted by Crippen LogP contribution is 2.18. The smallest absolute Gasteiger partial charge is 0.248 e. The first-order valence-corrected chi connectivity index (χ1v) is 9.20. The molecule has 0 aromatic rings. The number of carbonyl (C=O) groups is 2. The van der Waals surface area contributed by atoms with Crippen LogP contribution in [0.25, 0.3) is 0 Å². The summed E-state index contributed by atoms with van der Waals surface area (Å²) in [6, 6.07) is 0. The molecule has 0 fully saturated rings. The van der Waals surface area contributed by atoms with Crippen LogP contribution in [0.15, 0.2) is 12.2 Å². The van der Waals surface area contributed by atoms with Crippen LogP contribution in [-0.2, 0) is 14.3 Å². The molecule has 2 N–H and O–H groups in total. The van der Waals surface area contributed by atoms with E-state index in [1.807, 2.05) is 0 Å². The van der Waals surface area contributed by atoms with Gasteiger partial charge in [0.15, 0.2) is 0 Å². The third-order valence-corrected chi connectivity index (χ3v) is 4.19. The van der Waals surface area contributed by atoms with E-state index in [-0.39, 0.29) is 24.8 Å². The Balaban J connectivity index is 2.01. The summed E-state index contributed by atoms with van der Waals surface area (Å²) in [6.07, 6.45) is 5.01. The lowest BCUT2D eigenvalue weighted by molar-refractivity contribution is -0.131. The molecule has 6 nitrogen and oxygen atoms in total. The molecule has 1 heterocycles. The summed E-state index contributed by atoms with van der Waals surface area (Å²) in [5.74, 6) is 0.127. The summed E-state index contributed by atoms with van der Waals surface area (Å²) < 4.78 is 5.71. The van der Waals surface area contributed by atoms with Crippen LogP contribution in [0.5, 0.6) is 0 Å². The Morgan fingerprint density at radius 1 is 1.44 bits per heavy atom. The largest absolute Gasteiger partial charge is 0.381 e. The van der Waals surface area contributed by atoms with Crippen molar-refractivity contribution in [3.63, 3.8) is 0 Å². The van der Waals surface area contributed by atoms with Crippen LogP contribution in [0, 0.1) is 11.3 Å². The number of nitrogens with zero attached hydrogens (tertiary/aromatic N) is 1. The molecule has 144 valence electrons. The van der Waals surface area contributed by atoms with E-state index in [2.05, 4.69) is 33.0 Å². The maximum atomic E-state index is 11.8. The number of ether oxygens (including phenoxy) is 1. The molecule has 0 bridgehead atoms. The van der Waals surface area contributed by atoms with E-state index in [4.69, 9.17) is 4.74 Å². The Kier molecular flexibility index (Phi) is 9.14. The van der Waals surface area contributed by atoms with Crippen molar-refractivity contribution >= 4 is 11.8 Å². The van der Waals surface area contributed by atoms with Gasteiger partial charge >= 0.3 is 0 Å². The Morgan fingerprint density at radius 2 is 2.16 bits per heavy atom. The molecule has 6 heteroatoms. The Labute approximate surface area is 151 Å². The molecule has 1 aliphatic heterocycles. The molecule has 2 atom stereocenters. The molecular formula is C19H34N2O4. The fraction of sp³-hybridized carbons (Fsp3) is 0.789. The van der Waals surface area contributed by atoms with E-state index < -0.39 is 6.23 Å². The maximum Gasteiger partial charge on any atom is 0.248 e. The Hall–Kier alpha value is -1.40. The van der Waals surface area contributed by atoms with Gasteiger partial charge in [0.2, 0.25) is 11.8 Å². The average Bonchev–Trinajstić information content (AvgIpc) is 2.84. The van der Waals surface area contributed by atoms with E-state index in [9.17, 15) is 14.7 Å². The van der Waals surface area contributed by atoms with Crippen LogP contribution in [-0.4, -0.2) is 54.4 Å². The summed E-state index contributed by atoms with van der Waals surface area (Å²) in [7, 11) is 0. The molecule has 0 aromatic heterocycles. The van der Waals surface area contributed by atoms with Gasteiger partial charge in [-0.1, -0.05) is 27.7 Å². The zero-order chi connectivity index (χ0) is 18.9. The van der Waals surface area contributed by atoms with Gasteiger partial charge in [-0.3, -0.25) is 9.59 Å². The van der Waals surface area contributed by atoms with Gasteiger partial charge in [0.05, 0.1) is 0 Å². The van der Waals surface area contributed by atoms with E-state index in [1.165, 1.54) is 17.1 Å². The van der Waals surface area contributed by atoms with Crippen LogP contribution < -0.4 is 5.32 Å². The normalized spacial score (nSPS) is 18.7. The van der Waals surface area contributed by atoms with Gasteiger partial charge in [0.25, 0.3) is 0 Å². The van der Waals surface area contributed by atoms with Crippen molar-refractivity contribution in [3.8, 4) is 0 Å². The topological polar surface area (TPSA) is 78.9 Å². The molecule has 0 saturated carbocycles. The molecule has 1 rings (SSSR count). The summed E-state index contributed by atoms with van der Waals surface area (Å²) >= 11 is 0. The number of rotatable bonds is 11. The summed E-state index contributed by atoms with van der Waals surface area (Å²) in [5, 5.41) is 12.4. The lowest BCUT2D eigenvalue weighted by Gasteiger charge is -2.20. The summed E-state index contributed by atoms with van der Waals surface area (Å²) in [5.41, 5.74) is 0.305. The van der Waals surface area contributed by atoms with E-state index in [0.29, 0.717) is 17.9 Å². The van der Waals surface area contributed by atoms with Crippen LogP contribution >= 0.6 is 0 Å². The number of aliphatic hydroxyl groups excluding tert-OH is 1. The highest BCUT2D eigenvalue weighted by Gasteiger charge is 2.23. The predicted octanol–water partition coefficient (Wildman–Crippen LogP) is 2.08. The fourth-order valence-electron chi connectivity index (χ4n) is 2.48. The predicted molar refractivity (Wildman–Crippen MR) is 97.8 cm³/mol. The van der Waals surface area contributed by atoms with Crippen molar-refractivity contribution < 1.29 is 19.4 Å². The molecule has 0 radical (unpaired) electrons. The van der Waals surface area contributed by atoms with Crippen LogP contribution in [0.1, 0.15) is 53.4 Å². The van der Waals surface area contributed by atoms with Crippen LogP contribution in [0.2, 0.25) is 0 Å². The number of nitrogens with one attached hydrogen (secondary N) is 1. The third kappa shape index (κ3) is 9.60. The number of hydrogen-bond acceptors (Lipinski definition) is 4. The van der Waals surface area contributed by atoms with Crippen LogP contribution in [0.3, 0.4) is 0 Å². The zero-order valence-electron chi connectivity index (χ0n) is 16.1. The highest BCUT2D eigenvalue weighted by atomic mass is 16.5. The first kappa shape index (κ1) is 21.6. The second-order valence-corrected chi connectivity index (χ2v) is 8.04. The molecular weight excluding hydrogens is 320 g/mol. The van der Waals surface area contributed by atoms with Gasteiger partial charge in [-0.25, -0.2) is 0 Å². The first-order chi connectivity index (χ1) is 11.7. The fourth-order valence-corrected chi connectivity index (χ4v) is 2.48. The van der Waals surface area contributed by atoms with Gasteiger partial charge in [-0.05, 0) is 36.7 Å². The van der Waals surface area contributed by atoms with E-state index >= 15 is 0 Å². The lowest BCUT2D eigenvalue weighted by Crippen LogP contribution is -2.37. The average molecular weight is 354 g/mol. The van der Waals surface area contributed by atoms with Crippen molar-refractivity contribution in [2.75, 3.05) is 26.3 Å². The number of aliphatic hydroxyl groups is 1. The third-order valence-electron chi connectivity index (χ3n) is 4.19. The van der Waals surface area contributed by atoms with Gasteiger partial charge in [-0.15, -0.1) is 0 Å². The quantitative estimate of drug-likeness (QED) is 0.557. The number of carbonyl (C=O) groups excluding carboxylic acids is 2. The maximum absolute atomic E-state index is 11.8. The number of amides is 2. The van der Waals surface area contributed by atoms with Gasteiger partial charge in [0, 0.05) is 38.8 Å². The lowest BCUT2D eigenvalue weighted by atomic mass is 9.93. The Bertz CT molecular complexity index is 457. The molecule has 0 aromatic carbocycles. The van der Waals surface area contributed by atoms with Crippen molar-refractivity contribution in [3.05, 3.63) is 12.2 Å². The Morgan fingerprint density at radius 3 is 2.76 bits per heavy atom. The monoisotopic (exact) mass is 354 g/mol. The van der Waals surface area contributed by atoms with E-state index in [0.717, 1.165) is 32.5 Å². The molecule has 2 amide bonds. The van der Waals surface area contributed by atoms with Crippen molar-refractivity contribution in [2.45, 2.75) is 59.6 Å². The van der Waals surface area contributed by atoms with Crippen LogP contribution in [0.4, 0.5) is 0 Å². The molecule has 25 heavy (non-hydrogen) atoms. The second kappa shape index (κ2) is 10.6. The first-order valence-electron chi connectivity index (χ1n) is 9.20. The van der Waals surface area contributed by atoms with Gasteiger partial charge in [0.1, 0.15) is 6.23 Å². The molecule has 0 aliphatic carbocycles. The standard InChI is InChI=1S/C19H34N2O4/c1-15(14-25-13-10-19(2,3)4)6-5-11-20-16(22)9-12-21-17(23)7-8-18(21)24/h7-8,15,17,23H,5-6,9-14H2,1-4H3,(H,20,22). The van der Waals surface area contributed by atoms with Gasteiger partial charge < -0.3 is 20.1 Å². The molecule has 0 saturated heterocycles. The number of hydrogen-bond donors (Lipinski definition) is 2. The minimum Gasteiger partial charge on any atom is -0.381 e. The van der Waals surface area contributed by atoms with Crippen molar-refractivity contribution in [2.24, 2.45) is 11.3 Å². The van der Waals surface area contributed by atoms with E-state index in [1.54, 1.807) is 0 Å². The van der Waals surface area contributed by atoms with Gasteiger partial charge in [-0.2, -0.15) is 0 Å². The minimum absolute atomic E-state index is 0.0963. The summed E-state index contributed by atoms with van der Waals surface area (Å²) in [4.78, 5) is 24.5. The minimum atomic E-state index is -0.903. The zero-order valence-corrected chi connectivity index (χ0v) is 16.1. The van der Waals surface area contributed by atoms with Crippen molar-refractivity contribution in [1.29, 1.82) is 0 Å². The highest BCUT2D eigenvalue weighted by molar-refractivity contribution is 5.90. The van der Waals surface area contributed by atoms with Crippen molar-refractivity contribution in [1.82, 2.24) is 10.2 Å². The second-order valence-electron chi connectivity index (χ2n) is 8.04.